The normalized spacial score (nSPS) is 12.4. The summed E-state index contributed by atoms with van der Waals surface area (Å²) in [5.74, 6) is 5.30. The number of aromatic nitrogens is 1. The van der Waals surface area contributed by atoms with Gasteiger partial charge in [0.05, 0.1) is 6.04 Å². The van der Waals surface area contributed by atoms with Gasteiger partial charge in [0.1, 0.15) is 5.82 Å². The lowest BCUT2D eigenvalue weighted by atomic mass is 10.0. The van der Waals surface area contributed by atoms with Gasteiger partial charge in [0, 0.05) is 28.3 Å². The molecule has 1 aromatic heterocycles. The lowest BCUT2D eigenvalue weighted by molar-refractivity contribution is 0.504. The van der Waals surface area contributed by atoms with Gasteiger partial charge < -0.3 is 0 Å². The van der Waals surface area contributed by atoms with E-state index in [2.05, 4.69) is 33.3 Å². The first-order valence-corrected chi connectivity index (χ1v) is 7.28. The molecule has 3 nitrogen and oxygen atoms in total. The van der Waals surface area contributed by atoms with E-state index in [9.17, 15) is 4.39 Å². The van der Waals surface area contributed by atoms with E-state index < -0.39 is 0 Å². The summed E-state index contributed by atoms with van der Waals surface area (Å²) in [6.07, 6.45) is 3.32. The van der Waals surface area contributed by atoms with Crippen LogP contribution >= 0.6 is 15.9 Å². The zero-order chi connectivity index (χ0) is 14.5. The van der Waals surface area contributed by atoms with E-state index in [1.165, 1.54) is 11.6 Å². The lowest BCUT2D eigenvalue weighted by Crippen LogP contribution is -2.30. The Kier molecular flexibility index (Phi) is 5.23. The maximum Gasteiger partial charge on any atom is 0.129 e. The minimum Gasteiger partial charge on any atom is -0.271 e. The molecule has 0 aliphatic heterocycles. The van der Waals surface area contributed by atoms with Gasteiger partial charge in [-0.15, -0.1) is 0 Å². The van der Waals surface area contributed by atoms with Gasteiger partial charge in [-0.25, -0.2) is 4.39 Å². The smallest absolute Gasteiger partial charge is 0.129 e. The van der Waals surface area contributed by atoms with Gasteiger partial charge in [-0.05, 0) is 30.2 Å². The number of pyridine rings is 1. The number of hydrazine groups is 1. The van der Waals surface area contributed by atoms with E-state index in [1.807, 2.05) is 18.3 Å². The van der Waals surface area contributed by atoms with Crippen molar-refractivity contribution in [2.45, 2.75) is 25.8 Å². The average Bonchev–Trinajstić information content (AvgIpc) is 2.46. The maximum absolute atomic E-state index is 14.0. The highest BCUT2D eigenvalue weighted by molar-refractivity contribution is 9.10. The monoisotopic (exact) mass is 337 g/mol. The first-order valence-electron chi connectivity index (χ1n) is 6.49. The standard InChI is InChI=1S/C15H17BrFN3/c1-2-10-6-7-11(19-9-10)8-14(20-18)15-12(16)4-3-5-13(15)17/h3-7,9,14,20H,2,8,18H2,1H3. The first kappa shape index (κ1) is 15.1. The molecule has 0 aliphatic rings. The largest absolute Gasteiger partial charge is 0.271 e. The Morgan fingerprint density at radius 3 is 2.70 bits per heavy atom. The van der Waals surface area contributed by atoms with Crippen LogP contribution in [0.5, 0.6) is 0 Å². The van der Waals surface area contributed by atoms with Crippen molar-refractivity contribution in [3.05, 3.63) is 63.6 Å². The van der Waals surface area contributed by atoms with E-state index in [0.717, 1.165) is 12.1 Å². The highest BCUT2D eigenvalue weighted by atomic mass is 79.9. The van der Waals surface area contributed by atoms with Crippen LogP contribution in [-0.4, -0.2) is 4.98 Å². The van der Waals surface area contributed by atoms with E-state index in [4.69, 9.17) is 5.84 Å². The third-order valence-corrected chi connectivity index (χ3v) is 3.95. The van der Waals surface area contributed by atoms with E-state index in [-0.39, 0.29) is 11.9 Å². The summed E-state index contributed by atoms with van der Waals surface area (Å²) in [6.45, 7) is 2.08. The van der Waals surface area contributed by atoms with Gasteiger partial charge in [-0.2, -0.15) is 0 Å². The summed E-state index contributed by atoms with van der Waals surface area (Å²) in [4.78, 5) is 4.39. The van der Waals surface area contributed by atoms with Crippen LogP contribution in [0.4, 0.5) is 4.39 Å². The number of hydrogen-bond acceptors (Lipinski definition) is 3. The first-order chi connectivity index (χ1) is 9.65. The molecule has 0 bridgehead atoms. The molecule has 1 atom stereocenters. The van der Waals surface area contributed by atoms with Crippen LogP contribution in [0.1, 0.15) is 29.8 Å². The molecule has 0 spiro atoms. The minimum absolute atomic E-state index is 0.285. The summed E-state index contributed by atoms with van der Waals surface area (Å²) in [7, 11) is 0. The molecular formula is C15H17BrFN3. The molecule has 0 saturated carbocycles. The Morgan fingerprint density at radius 1 is 1.35 bits per heavy atom. The van der Waals surface area contributed by atoms with Crippen molar-refractivity contribution in [3.63, 3.8) is 0 Å². The molecule has 0 fully saturated rings. The van der Waals surface area contributed by atoms with Crippen molar-refractivity contribution in [1.29, 1.82) is 0 Å². The number of rotatable bonds is 5. The van der Waals surface area contributed by atoms with Crippen LogP contribution in [0.2, 0.25) is 0 Å². The number of nitrogens with zero attached hydrogens (tertiary/aromatic N) is 1. The number of hydrogen-bond donors (Lipinski definition) is 2. The fraction of sp³-hybridized carbons (Fsp3) is 0.267. The molecule has 0 saturated heterocycles. The molecular weight excluding hydrogens is 321 g/mol. The summed E-state index contributed by atoms with van der Waals surface area (Å²) in [5, 5.41) is 0. The van der Waals surface area contributed by atoms with E-state index in [0.29, 0.717) is 16.5 Å². The highest BCUT2D eigenvalue weighted by Crippen LogP contribution is 2.27. The van der Waals surface area contributed by atoms with Crippen molar-refractivity contribution >= 4 is 15.9 Å². The second kappa shape index (κ2) is 6.92. The van der Waals surface area contributed by atoms with Crippen molar-refractivity contribution in [2.75, 3.05) is 0 Å². The number of aryl methyl sites for hydroxylation is 1. The summed E-state index contributed by atoms with van der Waals surface area (Å²) in [6, 6.07) is 8.55. The molecule has 3 N–H and O–H groups in total. The molecule has 106 valence electrons. The third kappa shape index (κ3) is 3.42. The van der Waals surface area contributed by atoms with E-state index >= 15 is 0 Å². The predicted octanol–water partition coefficient (Wildman–Crippen LogP) is 3.29. The van der Waals surface area contributed by atoms with Crippen molar-refractivity contribution in [3.8, 4) is 0 Å². The zero-order valence-corrected chi connectivity index (χ0v) is 12.8. The molecule has 20 heavy (non-hydrogen) atoms. The highest BCUT2D eigenvalue weighted by Gasteiger charge is 2.18. The predicted molar refractivity (Wildman–Crippen MR) is 81.5 cm³/mol. The second-order valence-electron chi connectivity index (χ2n) is 4.57. The minimum atomic E-state index is -0.328. The lowest BCUT2D eigenvalue weighted by Gasteiger charge is -2.18. The maximum atomic E-state index is 14.0. The fourth-order valence-electron chi connectivity index (χ4n) is 2.08. The van der Waals surface area contributed by atoms with Gasteiger partial charge in [0.15, 0.2) is 0 Å². The molecule has 5 heteroatoms. The van der Waals surface area contributed by atoms with Crippen LogP contribution in [0.25, 0.3) is 0 Å². The average molecular weight is 338 g/mol. The third-order valence-electron chi connectivity index (χ3n) is 3.26. The summed E-state index contributed by atoms with van der Waals surface area (Å²) < 4.78 is 14.7. The van der Waals surface area contributed by atoms with Crippen LogP contribution < -0.4 is 11.3 Å². The number of halogens is 2. The Hall–Kier alpha value is -1.30. The Morgan fingerprint density at radius 2 is 2.15 bits per heavy atom. The van der Waals surface area contributed by atoms with Crippen LogP contribution in [0.15, 0.2) is 41.0 Å². The quantitative estimate of drug-likeness (QED) is 0.650. The second-order valence-corrected chi connectivity index (χ2v) is 5.42. The number of nitrogens with one attached hydrogen (secondary N) is 1. The van der Waals surface area contributed by atoms with Gasteiger partial charge in [0.2, 0.25) is 0 Å². The molecule has 1 unspecified atom stereocenters. The summed E-state index contributed by atoms with van der Waals surface area (Å²) >= 11 is 3.37. The van der Waals surface area contributed by atoms with Gasteiger partial charge in [-0.3, -0.25) is 16.3 Å². The van der Waals surface area contributed by atoms with Crippen molar-refractivity contribution in [2.24, 2.45) is 5.84 Å². The SMILES string of the molecule is CCc1ccc(CC(NN)c2c(F)cccc2Br)nc1. The Labute approximate surface area is 126 Å². The molecule has 0 aliphatic carbocycles. The van der Waals surface area contributed by atoms with Crippen LogP contribution in [0.3, 0.4) is 0 Å². The Bertz CT molecular complexity index is 552. The number of nitrogens with two attached hydrogens (primary N) is 1. The molecule has 2 rings (SSSR count). The van der Waals surface area contributed by atoms with Crippen molar-refractivity contribution < 1.29 is 4.39 Å². The zero-order valence-electron chi connectivity index (χ0n) is 11.2. The Balaban J connectivity index is 2.24. The topological polar surface area (TPSA) is 50.9 Å². The molecule has 0 radical (unpaired) electrons. The van der Waals surface area contributed by atoms with Crippen LogP contribution in [-0.2, 0) is 12.8 Å². The molecule has 1 heterocycles. The molecule has 2 aromatic rings. The fourth-order valence-corrected chi connectivity index (χ4v) is 2.70. The van der Waals surface area contributed by atoms with Gasteiger partial charge >= 0.3 is 0 Å². The van der Waals surface area contributed by atoms with Crippen molar-refractivity contribution in [1.82, 2.24) is 10.4 Å². The summed E-state index contributed by atoms with van der Waals surface area (Å²) in [5.41, 5.74) is 5.25. The van der Waals surface area contributed by atoms with Crippen LogP contribution in [0, 0.1) is 5.82 Å². The number of benzene rings is 1. The van der Waals surface area contributed by atoms with Gasteiger partial charge in [-0.1, -0.05) is 35.0 Å². The van der Waals surface area contributed by atoms with E-state index in [1.54, 1.807) is 12.1 Å². The van der Waals surface area contributed by atoms with Gasteiger partial charge in [0.25, 0.3) is 0 Å². The molecule has 1 aromatic carbocycles. The molecule has 0 amide bonds.